The quantitative estimate of drug-likeness (QED) is 0.907. The average Bonchev–Trinajstić information content (AvgIpc) is 2.39. The first-order valence-electron chi connectivity index (χ1n) is 6.68. The van der Waals surface area contributed by atoms with E-state index in [2.05, 4.69) is 5.32 Å². The highest BCUT2D eigenvalue weighted by Gasteiger charge is 2.18. The van der Waals surface area contributed by atoms with E-state index in [1.54, 1.807) is 17.0 Å². The van der Waals surface area contributed by atoms with Gasteiger partial charge in [-0.05, 0) is 38.0 Å². The fraction of sp³-hybridized carbons (Fsp3) is 0.467. The van der Waals surface area contributed by atoms with Gasteiger partial charge in [-0.25, -0.2) is 0 Å². The molecule has 0 aliphatic rings. The average molecular weight is 297 g/mol. The molecular weight excluding hydrogens is 276 g/mol. The summed E-state index contributed by atoms with van der Waals surface area (Å²) in [6.45, 7) is 7.34. The predicted octanol–water partition coefficient (Wildman–Crippen LogP) is 3.23. The molecule has 1 unspecified atom stereocenters. The van der Waals surface area contributed by atoms with Gasteiger partial charge in [0.2, 0.25) is 11.8 Å². The Bertz CT molecular complexity index is 503. The van der Waals surface area contributed by atoms with Crippen LogP contribution in [0.25, 0.3) is 0 Å². The lowest BCUT2D eigenvalue weighted by atomic mass is 10.2. The summed E-state index contributed by atoms with van der Waals surface area (Å²) in [6, 6.07) is 5.38. The standard InChI is InChI=1S/C15H21ClN2O2/c1-5-11(3)18(12(4)19)9-15(20)17-13-7-6-10(2)14(16)8-13/h6-8,11H,5,9H2,1-4H3,(H,17,20). The Morgan fingerprint density at radius 3 is 2.55 bits per heavy atom. The number of benzene rings is 1. The van der Waals surface area contributed by atoms with Crippen molar-refractivity contribution in [1.29, 1.82) is 0 Å². The van der Waals surface area contributed by atoms with Crippen LogP contribution in [0.1, 0.15) is 32.8 Å². The molecule has 0 aliphatic heterocycles. The molecule has 1 aromatic rings. The Hall–Kier alpha value is -1.55. The third kappa shape index (κ3) is 4.53. The Balaban J connectivity index is 2.70. The molecule has 1 aromatic carbocycles. The third-order valence-corrected chi connectivity index (χ3v) is 3.70. The number of carbonyl (C=O) groups is 2. The summed E-state index contributed by atoms with van der Waals surface area (Å²) in [7, 11) is 0. The van der Waals surface area contributed by atoms with Gasteiger partial charge in [-0.1, -0.05) is 24.6 Å². The number of hydrogen-bond acceptors (Lipinski definition) is 2. The zero-order valence-electron chi connectivity index (χ0n) is 12.4. The number of nitrogens with zero attached hydrogens (tertiary/aromatic N) is 1. The van der Waals surface area contributed by atoms with Crippen molar-refractivity contribution in [1.82, 2.24) is 4.90 Å². The lowest BCUT2D eigenvalue weighted by molar-refractivity contribution is -0.134. The highest BCUT2D eigenvalue weighted by Crippen LogP contribution is 2.20. The van der Waals surface area contributed by atoms with Crippen molar-refractivity contribution < 1.29 is 9.59 Å². The summed E-state index contributed by atoms with van der Waals surface area (Å²) in [5.74, 6) is -0.322. The van der Waals surface area contributed by atoms with Crippen molar-refractivity contribution in [3.05, 3.63) is 28.8 Å². The molecular formula is C15H21ClN2O2. The van der Waals surface area contributed by atoms with E-state index in [-0.39, 0.29) is 24.4 Å². The summed E-state index contributed by atoms with van der Waals surface area (Å²) < 4.78 is 0. The molecule has 0 heterocycles. The highest BCUT2D eigenvalue weighted by molar-refractivity contribution is 6.31. The normalized spacial score (nSPS) is 11.8. The summed E-state index contributed by atoms with van der Waals surface area (Å²) in [6.07, 6.45) is 0.809. The predicted molar refractivity (Wildman–Crippen MR) is 82.0 cm³/mol. The fourth-order valence-corrected chi connectivity index (χ4v) is 2.00. The van der Waals surface area contributed by atoms with E-state index in [9.17, 15) is 9.59 Å². The number of carbonyl (C=O) groups excluding carboxylic acids is 2. The van der Waals surface area contributed by atoms with Crippen molar-refractivity contribution in [3.8, 4) is 0 Å². The molecule has 0 aromatic heterocycles. The van der Waals surface area contributed by atoms with Gasteiger partial charge in [-0.3, -0.25) is 9.59 Å². The van der Waals surface area contributed by atoms with E-state index in [1.165, 1.54) is 6.92 Å². The van der Waals surface area contributed by atoms with Crippen LogP contribution in [0.3, 0.4) is 0 Å². The first kappa shape index (κ1) is 16.5. The molecule has 2 amide bonds. The van der Waals surface area contributed by atoms with E-state index in [1.807, 2.05) is 26.8 Å². The Kier molecular flexibility index (Phi) is 6.02. The van der Waals surface area contributed by atoms with Crippen LogP contribution < -0.4 is 5.32 Å². The second-order valence-electron chi connectivity index (χ2n) is 4.92. The number of amides is 2. The second kappa shape index (κ2) is 7.29. The molecule has 4 nitrogen and oxygen atoms in total. The van der Waals surface area contributed by atoms with Crippen molar-refractivity contribution in [2.45, 2.75) is 40.2 Å². The number of rotatable bonds is 5. The first-order valence-corrected chi connectivity index (χ1v) is 7.06. The van der Waals surface area contributed by atoms with E-state index < -0.39 is 0 Å². The maximum atomic E-state index is 12.0. The zero-order chi connectivity index (χ0) is 15.3. The monoisotopic (exact) mass is 296 g/mol. The minimum Gasteiger partial charge on any atom is -0.331 e. The maximum absolute atomic E-state index is 12.0. The molecule has 5 heteroatoms. The van der Waals surface area contributed by atoms with Gasteiger partial charge in [-0.15, -0.1) is 0 Å². The van der Waals surface area contributed by atoms with Crippen molar-refractivity contribution >= 4 is 29.1 Å². The van der Waals surface area contributed by atoms with Crippen LogP contribution in [0.5, 0.6) is 0 Å². The smallest absolute Gasteiger partial charge is 0.244 e. The highest BCUT2D eigenvalue weighted by atomic mass is 35.5. The molecule has 1 atom stereocenters. The minimum absolute atomic E-state index is 0.0415. The van der Waals surface area contributed by atoms with Crippen LogP contribution in [0, 0.1) is 6.92 Å². The lowest BCUT2D eigenvalue weighted by Gasteiger charge is -2.26. The number of nitrogens with one attached hydrogen (secondary N) is 1. The molecule has 0 fully saturated rings. The van der Waals surface area contributed by atoms with E-state index in [0.717, 1.165) is 12.0 Å². The van der Waals surface area contributed by atoms with Crippen LogP contribution in [0.15, 0.2) is 18.2 Å². The Labute approximate surface area is 125 Å². The number of halogens is 1. The van der Waals surface area contributed by atoms with Gasteiger partial charge in [0.1, 0.15) is 6.54 Å². The van der Waals surface area contributed by atoms with Crippen molar-refractivity contribution in [3.63, 3.8) is 0 Å². The molecule has 1 rings (SSSR count). The number of aryl methyl sites for hydroxylation is 1. The Morgan fingerprint density at radius 2 is 2.05 bits per heavy atom. The molecule has 0 saturated carbocycles. The van der Waals surface area contributed by atoms with Gasteiger partial charge in [0.15, 0.2) is 0 Å². The fourth-order valence-electron chi connectivity index (χ4n) is 1.82. The van der Waals surface area contributed by atoms with Gasteiger partial charge in [-0.2, -0.15) is 0 Å². The number of anilines is 1. The molecule has 0 bridgehead atoms. The van der Waals surface area contributed by atoms with Crippen molar-refractivity contribution in [2.24, 2.45) is 0 Å². The van der Waals surface area contributed by atoms with E-state index >= 15 is 0 Å². The zero-order valence-corrected chi connectivity index (χ0v) is 13.1. The summed E-state index contributed by atoms with van der Waals surface area (Å²) >= 11 is 6.01. The van der Waals surface area contributed by atoms with Gasteiger partial charge in [0.05, 0.1) is 0 Å². The third-order valence-electron chi connectivity index (χ3n) is 3.30. The summed E-state index contributed by atoms with van der Waals surface area (Å²) in [5.41, 5.74) is 1.59. The molecule has 110 valence electrons. The van der Waals surface area contributed by atoms with E-state index in [4.69, 9.17) is 11.6 Å². The molecule has 20 heavy (non-hydrogen) atoms. The SMILES string of the molecule is CCC(C)N(CC(=O)Nc1ccc(C)c(Cl)c1)C(C)=O. The summed E-state index contributed by atoms with van der Waals surface area (Å²) in [5, 5.41) is 3.36. The molecule has 1 N–H and O–H groups in total. The van der Waals surface area contributed by atoms with Crippen molar-refractivity contribution in [2.75, 3.05) is 11.9 Å². The van der Waals surface area contributed by atoms with E-state index in [0.29, 0.717) is 10.7 Å². The van der Waals surface area contributed by atoms with Gasteiger partial charge >= 0.3 is 0 Å². The largest absolute Gasteiger partial charge is 0.331 e. The summed E-state index contributed by atoms with van der Waals surface area (Å²) in [4.78, 5) is 25.1. The van der Waals surface area contributed by atoms with Gasteiger partial charge in [0.25, 0.3) is 0 Å². The van der Waals surface area contributed by atoms with Crippen LogP contribution in [0.4, 0.5) is 5.69 Å². The first-order chi connectivity index (χ1) is 9.35. The topological polar surface area (TPSA) is 49.4 Å². The van der Waals surface area contributed by atoms with Crippen LogP contribution in [-0.2, 0) is 9.59 Å². The Morgan fingerprint density at radius 1 is 1.40 bits per heavy atom. The molecule has 0 spiro atoms. The maximum Gasteiger partial charge on any atom is 0.244 e. The minimum atomic E-state index is -0.222. The van der Waals surface area contributed by atoms with Crippen LogP contribution >= 0.6 is 11.6 Å². The second-order valence-corrected chi connectivity index (χ2v) is 5.32. The number of hydrogen-bond donors (Lipinski definition) is 1. The lowest BCUT2D eigenvalue weighted by Crippen LogP contribution is -2.42. The van der Waals surface area contributed by atoms with Crippen LogP contribution in [0.2, 0.25) is 5.02 Å². The van der Waals surface area contributed by atoms with Gasteiger partial charge in [0, 0.05) is 23.7 Å². The molecule has 0 aliphatic carbocycles. The van der Waals surface area contributed by atoms with Gasteiger partial charge < -0.3 is 10.2 Å². The molecule has 0 radical (unpaired) electrons. The molecule has 0 saturated heterocycles. The van der Waals surface area contributed by atoms with Crippen LogP contribution in [-0.4, -0.2) is 29.3 Å².